The third kappa shape index (κ3) is 5.55. The van der Waals surface area contributed by atoms with Gasteiger partial charge in [-0.25, -0.2) is 0 Å². The van der Waals surface area contributed by atoms with Gasteiger partial charge in [-0.15, -0.1) is 0 Å². The van der Waals surface area contributed by atoms with E-state index in [0.29, 0.717) is 28.7 Å². The van der Waals surface area contributed by atoms with E-state index < -0.39 is 20.2 Å². The highest BCUT2D eigenvalue weighted by atomic mass is 28.4. The Labute approximate surface area is 210 Å². The van der Waals surface area contributed by atoms with Crippen LogP contribution in [0.5, 0.6) is 28.7 Å². The Morgan fingerprint density at radius 2 is 1.20 bits per heavy atom. The zero-order valence-electron chi connectivity index (χ0n) is 22.9. The molecule has 1 saturated heterocycles. The average Bonchev–Trinajstić information content (AvgIpc) is 3.12. The highest BCUT2D eigenvalue weighted by molar-refractivity contribution is 6.74. The van der Waals surface area contributed by atoms with Gasteiger partial charge in [-0.2, -0.15) is 0 Å². The van der Waals surface area contributed by atoms with Gasteiger partial charge in [0.2, 0.25) is 5.75 Å². The second-order valence-corrected chi connectivity index (χ2v) is 15.4. The Morgan fingerprint density at radius 1 is 0.714 bits per heavy atom. The molecule has 1 aliphatic rings. The zero-order valence-corrected chi connectivity index (χ0v) is 23.9. The molecule has 0 N–H and O–H groups in total. The first-order valence-electron chi connectivity index (χ1n) is 11.8. The molecule has 0 spiro atoms. The van der Waals surface area contributed by atoms with E-state index in [-0.39, 0.29) is 11.1 Å². The topological polar surface area (TPSA) is 64.6 Å². The molecule has 0 bridgehead atoms. The molecule has 2 aromatic rings. The lowest BCUT2D eigenvalue weighted by Crippen LogP contribution is -2.44. The van der Waals surface area contributed by atoms with Crippen LogP contribution >= 0.6 is 0 Å². The van der Waals surface area contributed by atoms with Gasteiger partial charge in [-0.3, -0.25) is 0 Å². The molecule has 1 aliphatic heterocycles. The number of rotatable bonds is 8. The van der Waals surface area contributed by atoms with Crippen molar-refractivity contribution in [1.82, 2.24) is 0 Å². The third-order valence-electron chi connectivity index (χ3n) is 6.80. The Kier molecular flexibility index (Phi) is 7.69. The van der Waals surface area contributed by atoms with Crippen molar-refractivity contribution in [2.24, 2.45) is 0 Å². The van der Waals surface area contributed by atoms with Gasteiger partial charge in [0.25, 0.3) is 8.32 Å². The van der Waals surface area contributed by atoms with Gasteiger partial charge >= 0.3 is 0 Å². The van der Waals surface area contributed by atoms with Crippen molar-refractivity contribution in [3.05, 3.63) is 41.5 Å². The molecule has 7 nitrogen and oxygen atoms in total. The SMILES string of the molecule is COc1ccc([C@@H]2OC(C)(C)O[C@H]2c2cc(OC)c(OC)c(OC)c2)cc1O[Si](C)(C)C(C)(C)C. The second kappa shape index (κ2) is 9.91. The molecule has 0 aliphatic carbocycles. The predicted octanol–water partition coefficient (Wildman–Crippen LogP) is 6.67. The lowest BCUT2D eigenvalue weighted by atomic mass is 9.97. The molecular weight excluding hydrogens is 464 g/mol. The van der Waals surface area contributed by atoms with Crippen molar-refractivity contribution in [3.8, 4) is 28.7 Å². The molecule has 3 rings (SSSR count). The summed E-state index contributed by atoms with van der Waals surface area (Å²) in [5.41, 5.74) is 1.79. The maximum Gasteiger partial charge on any atom is 0.250 e. The minimum Gasteiger partial charge on any atom is -0.541 e. The summed E-state index contributed by atoms with van der Waals surface area (Å²) < 4.78 is 41.7. The van der Waals surface area contributed by atoms with Crippen molar-refractivity contribution in [1.29, 1.82) is 0 Å². The fourth-order valence-electron chi connectivity index (χ4n) is 3.89. The normalized spacial score (nSPS) is 19.9. The maximum atomic E-state index is 6.65. The fourth-order valence-corrected chi connectivity index (χ4v) is 4.91. The van der Waals surface area contributed by atoms with Crippen LogP contribution in [0.2, 0.25) is 18.1 Å². The molecule has 35 heavy (non-hydrogen) atoms. The van der Waals surface area contributed by atoms with Gasteiger partial charge in [-0.1, -0.05) is 26.8 Å². The summed E-state index contributed by atoms with van der Waals surface area (Å²) >= 11 is 0. The number of hydrogen-bond donors (Lipinski definition) is 0. The molecule has 194 valence electrons. The first-order valence-corrected chi connectivity index (χ1v) is 14.7. The Balaban J connectivity index is 2.08. The van der Waals surface area contributed by atoms with Crippen LogP contribution < -0.4 is 23.4 Å². The minimum absolute atomic E-state index is 0.0434. The molecule has 0 amide bonds. The van der Waals surface area contributed by atoms with E-state index in [0.717, 1.165) is 11.1 Å². The molecule has 0 aromatic heterocycles. The quantitative estimate of drug-likeness (QED) is 0.372. The summed E-state index contributed by atoms with van der Waals surface area (Å²) in [5, 5.41) is 0.0434. The summed E-state index contributed by atoms with van der Waals surface area (Å²) in [6, 6.07) is 9.75. The predicted molar refractivity (Wildman–Crippen MR) is 139 cm³/mol. The first kappa shape index (κ1) is 27.2. The van der Waals surface area contributed by atoms with E-state index in [4.69, 9.17) is 32.8 Å². The first-order chi connectivity index (χ1) is 16.3. The van der Waals surface area contributed by atoms with Crippen LogP contribution in [0.15, 0.2) is 30.3 Å². The minimum atomic E-state index is -2.10. The molecule has 1 heterocycles. The summed E-state index contributed by atoms with van der Waals surface area (Å²) in [7, 11) is 4.34. The van der Waals surface area contributed by atoms with Crippen LogP contribution in [0.1, 0.15) is 58.0 Å². The molecule has 2 aromatic carbocycles. The van der Waals surface area contributed by atoms with Crippen molar-refractivity contribution >= 4 is 8.32 Å². The Morgan fingerprint density at radius 3 is 1.66 bits per heavy atom. The average molecular weight is 505 g/mol. The van der Waals surface area contributed by atoms with Gasteiger partial charge in [0.05, 0.1) is 28.4 Å². The largest absolute Gasteiger partial charge is 0.541 e. The maximum absolute atomic E-state index is 6.65. The second-order valence-electron chi connectivity index (χ2n) is 10.7. The third-order valence-corrected chi connectivity index (χ3v) is 11.1. The van der Waals surface area contributed by atoms with Crippen LogP contribution in [0.4, 0.5) is 0 Å². The summed E-state index contributed by atoms with van der Waals surface area (Å²) in [6.45, 7) is 14.9. The van der Waals surface area contributed by atoms with E-state index >= 15 is 0 Å². The highest BCUT2D eigenvalue weighted by Crippen LogP contribution is 2.51. The monoisotopic (exact) mass is 504 g/mol. The Hall–Kier alpha value is -2.42. The van der Waals surface area contributed by atoms with E-state index in [1.165, 1.54) is 0 Å². The molecular formula is C27H40O7Si. The van der Waals surface area contributed by atoms with Gasteiger partial charge in [-0.05, 0) is 67.4 Å². The molecule has 8 heteroatoms. The van der Waals surface area contributed by atoms with Crippen LogP contribution in [0, 0.1) is 0 Å². The lowest BCUT2D eigenvalue weighted by Gasteiger charge is -2.37. The van der Waals surface area contributed by atoms with Crippen molar-refractivity contribution < 1.29 is 32.8 Å². The van der Waals surface area contributed by atoms with Crippen molar-refractivity contribution in [3.63, 3.8) is 0 Å². The number of benzene rings is 2. The Bertz CT molecular complexity index is 1020. The number of methoxy groups -OCH3 is 4. The van der Waals surface area contributed by atoms with E-state index in [2.05, 4.69) is 33.9 Å². The molecule has 0 radical (unpaired) electrons. The molecule has 1 fully saturated rings. The molecule has 0 saturated carbocycles. The van der Waals surface area contributed by atoms with Gasteiger partial charge in [0, 0.05) is 0 Å². The standard InChI is InChI=1S/C27H40O7Si/c1-26(2,3)35(10,11)34-20-14-17(12-13-19(20)28-6)23-24(33-27(4,5)32-23)18-15-21(29-7)25(31-9)22(16-18)30-8/h12-16,23-24H,1-11H3/t23-,24-/m0/s1. The van der Waals surface area contributed by atoms with Gasteiger partial charge < -0.3 is 32.8 Å². The molecule has 0 unspecified atom stereocenters. The summed E-state index contributed by atoms with van der Waals surface area (Å²) in [6.07, 6.45) is -0.798. The van der Waals surface area contributed by atoms with E-state index in [1.54, 1.807) is 28.4 Å². The van der Waals surface area contributed by atoms with Crippen molar-refractivity contribution in [2.75, 3.05) is 28.4 Å². The van der Waals surface area contributed by atoms with Crippen LogP contribution in [-0.4, -0.2) is 42.5 Å². The number of ether oxygens (including phenoxy) is 6. The lowest BCUT2D eigenvalue weighted by molar-refractivity contribution is -0.147. The molecule has 2 atom stereocenters. The van der Waals surface area contributed by atoms with Crippen LogP contribution in [0.3, 0.4) is 0 Å². The number of hydrogen-bond acceptors (Lipinski definition) is 7. The van der Waals surface area contributed by atoms with E-state index in [9.17, 15) is 0 Å². The van der Waals surface area contributed by atoms with Crippen molar-refractivity contribution in [2.45, 2.75) is 70.7 Å². The zero-order chi connectivity index (χ0) is 26.2. The summed E-state index contributed by atoms with van der Waals surface area (Å²) in [5.74, 6) is 2.27. The fraction of sp³-hybridized carbons (Fsp3) is 0.556. The van der Waals surface area contributed by atoms with E-state index in [1.807, 2.05) is 44.2 Å². The summed E-state index contributed by atoms with van der Waals surface area (Å²) in [4.78, 5) is 0. The van der Waals surface area contributed by atoms with Gasteiger partial charge in [0.1, 0.15) is 18.0 Å². The van der Waals surface area contributed by atoms with Crippen LogP contribution in [-0.2, 0) is 9.47 Å². The van der Waals surface area contributed by atoms with Crippen LogP contribution in [0.25, 0.3) is 0 Å². The smallest absolute Gasteiger partial charge is 0.250 e. The highest BCUT2D eigenvalue weighted by Gasteiger charge is 2.44. The van der Waals surface area contributed by atoms with Gasteiger partial charge in [0.15, 0.2) is 23.0 Å².